The topological polar surface area (TPSA) is 60.8 Å². The summed E-state index contributed by atoms with van der Waals surface area (Å²) >= 11 is 0. The Balaban J connectivity index is 2.95. The van der Waals surface area contributed by atoms with Gasteiger partial charge in [0.1, 0.15) is 0 Å². The van der Waals surface area contributed by atoms with E-state index >= 15 is 0 Å². The predicted octanol–water partition coefficient (Wildman–Crippen LogP) is 1.12. The Morgan fingerprint density at radius 1 is 1.08 bits per heavy atom. The van der Waals surface area contributed by atoms with Gasteiger partial charge in [-0.25, -0.2) is 0 Å². The third kappa shape index (κ3) is 8.17. The molecule has 1 unspecified atom stereocenters. The zero-order valence-electron chi connectivity index (χ0n) is 7.46. The molecule has 6 heteroatoms. The number of rotatable bonds is 8. The normalized spacial score (nSPS) is 13.2. The van der Waals surface area contributed by atoms with Gasteiger partial charge in [0, 0.05) is 14.2 Å². The minimum atomic E-state index is -1.78. The first-order valence-corrected chi connectivity index (χ1v) is 4.95. The van der Waals surface area contributed by atoms with Crippen LogP contribution in [0.1, 0.15) is 0 Å². The van der Waals surface area contributed by atoms with Crippen molar-refractivity contribution in [1.29, 1.82) is 5.16 Å². The molecule has 0 heterocycles. The Hall–Kier alpha value is 0.0700. The summed E-state index contributed by atoms with van der Waals surface area (Å²) in [4.78, 5) is 0. The monoisotopic (exact) mass is 197 g/mol. The van der Waals surface area contributed by atoms with Crippen LogP contribution in [0, 0.1) is 5.16 Å². The Bertz CT molecular complexity index is 122. The van der Waals surface area contributed by atoms with Gasteiger partial charge in [-0.2, -0.15) is 0 Å². The highest BCUT2D eigenvalue weighted by Gasteiger charge is 1.91. The average Bonchev–Trinajstić information content (AvgIpc) is 2.10. The smallest absolute Gasteiger partial charge is 0.196 e. The third-order valence-electron chi connectivity index (χ3n) is 1.08. The number of nitrogens with one attached hydrogen (secondary N) is 1. The van der Waals surface area contributed by atoms with Crippen LogP contribution in [0.2, 0.25) is 0 Å². The summed E-state index contributed by atoms with van der Waals surface area (Å²) in [6, 6.07) is 0. The van der Waals surface area contributed by atoms with Gasteiger partial charge in [-0.1, -0.05) is 0 Å². The van der Waals surface area contributed by atoms with Gasteiger partial charge in [0.2, 0.25) is 0 Å². The fourth-order valence-corrected chi connectivity index (χ4v) is 0.883. The van der Waals surface area contributed by atoms with E-state index in [9.17, 15) is 0 Å². The van der Waals surface area contributed by atoms with Crippen LogP contribution < -0.4 is 0 Å². The maximum absolute atomic E-state index is 7.11. The van der Waals surface area contributed by atoms with Crippen molar-refractivity contribution < 1.29 is 18.5 Å². The molecule has 0 rings (SSSR count). The quantitative estimate of drug-likeness (QED) is 0.468. The molecular formula is C6H16NO4P. The molecule has 12 heavy (non-hydrogen) atoms. The molecular weight excluding hydrogens is 181 g/mol. The van der Waals surface area contributed by atoms with Crippen LogP contribution in [0.25, 0.3) is 0 Å². The first-order chi connectivity index (χ1) is 5.81. The van der Waals surface area contributed by atoms with E-state index in [1.807, 2.05) is 0 Å². The minimum Gasteiger partial charge on any atom is -0.382 e. The molecule has 0 aromatic rings. The van der Waals surface area contributed by atoms with E-state index in [0.29, 0.717) is 26.4 Å². The molecule has 0 amide bonds. The van der Waals surface area contributed by atoms with E-state index in [-0.39, 0.29) is 0 Å². The molecule has 0 aromatic heterocycles. The highest BCUT2D eigenvalue weighted by molar-refractivity contribution is 7.34. The lowest BCUT2D eigenvalue weighted by atomic mass is 10.7. The highest BCUT2D eigenvalue weighted by atomic mass is 31.1. The first kappa shape index (κ1) is 12.1. The van der Waals surface area contributed by atoms with Crippen LogP contribution in [0.5, 0.6) is 0 Å². The fourth-order valence-electron chi connectivity index (χ4n) is 0.497. The number of hydrogen-bond donors (Lipinski definition) is 1. The lowest BCUT2D eigenvalue weighted by Gasteiger charge is -2.05. The first-order valence-electron chi connectivity index (χ1n) is 3.63. The molecule has 0 aromatic carbocycles. The molecule has 0 radical (unpaired) electrons. The van der Waals surface area contributed by atoms with Gasteiger partial charge in [0.15, 0.2) is 8.17 Å². The summed E-state index contributed by atoms with van der Waals surface area (Å²) < 4.78 is 19.5. The Morgan fingerprint density at radius 3 is 2.33 bits per heavy atom. The number of hydrogen-bond acceptors (Lipinski definition) is 5. The summed E-state index contributed by atoms with van der Waals surface area (Å²) in [6.45, 7) is 2.05. The Morgan fingerprint density at radius 2 is 1.75 bits per heavy atom. The second-order valence-electron chi connectivity index (χ2n) is 1.95. The molecule has 0 bridgehead atoms. The van der Waals surface area contributed by atoms with E-state index in [1.165, 1.54) is 7.11 Å². The van der Waals surface area contributed by atoms with Crippen molar-refractivity contribution in [3.63, 3.8) is 0 Å². The molecule has 0 fully saturated rings. The number of methoxy groups -OCH3 is 1. The van der Waals surface area contributed by atoms with Crippen molar-refractivity contribution in [3.8, 4) is 0 Å². The minimum absolute atomic E-state index is 0.412. The van der Waals surface area contributed by atoms with Crippen LogP contribution in [-0.4, -0.2) is 40.6 Å². The molecule has 74 valence electrons. The predicted molar refractivity (Wildman–Crippen MR) is 46.7 cm³/mol. The van der Waals surface area contributed by atoms with E-state index in [1.54, 1.807) is 7.11 Å². The van der Waals surface area contributed by atoms with Crippen molar-refractivity contribution in [1.82, 2.24) is 0 Å². The van der Waals surface area contributed by atoms with Crippen LogP contribution >= 0.6 is 8.17 Å². The van der Waals surface area contributed by atoms with Crippen LogP contribution in [-0.2, 0) is 18.5 Å². The van der Waals surface area contributed by atoms with Crippen molar-refractivity contribution in [2.45, 2.75) is 0 Å². The second-order valence-corrected chi connectivity index (χ2v) is 3.22. The molecule has 0 spiro atoms. The molecule has 1 atom stereocenters. The standard InChI is InChI=1S/C6H16NO4P/c1-8-3-4-10-5-6-11-12(7)9-2/h7,12H,3-6H2,1-2H3. The summed E-state index contributed by atoms with van der Waals surface area (Å²) in [5, 5.41) is 7.11. The van der Waals surface area contributed by atoms with Gasteiger partial charge in [0.05, 0.1) is 26.4 Å². The van der Waals surface area contributed by atoms with Crippen molar-refractivity contribution in [2.24, 2.45) is 0 Å². The second kappa shape index (κ2) is 9.16. The summed E-state index contributed by atoms with van der Waals surface area (Å²) in [7, 11) is 1.30. The molecule has 0 aliphatic rings. The molecule has 0 saturated carbocycles. The highest BCUT2D eigenvalue weighted by Crippen LogP contribution is 2.21. The fraction of sp³-hybridized carbons (Fsp3) is 1.00. The van der Waals surface area contributed by atoms with E-state index in [4.69, 9.17) is 19.2 Å². The lowest BCUT2D eigenvalue weighted by Crippen LogP contribution is -2.06. The van der Waals surface area contributed by atoms with Crippen molar-refractivity contribution in [3.05, 3.63) is 0 Å². The average molecular weight is 197 g/mol. The van der Waals surface area contributed by atoms with Gasteiger partial charge < -0.3 is 18.5 Å². The lowest BCUT2D eigenvalue weighted by molar-refractivity contribution is 0.0546. The van der Waals surface area contributed by atoms with E-state index in [0.717, 1.165) is 0 Å². The Labute approximate surface area is 73.4 Å². The van der Waals surface area contributed by atoms with Gasteiger partial charge in [-0.3, -0.25) is 5.16 Å². The zero-order chi connectivity index (χ0) is 9.23. The van der Waals surface area contributed by atoms with Crippen molar-refractivity contribution in [2.75, 3.05) is 40.6 Å². The summed E-state index contributed by atoms with van der Waals surface area (Å²) in [6.07, 6.45) is 0. The van der Waals surface area contributed by atoms with Gasteiger partial charge in [-0.05, 0) is 0 Å². The van der Waals surface area contributed by atoms with E-state index in [2.05, 4.69) is 4.52 Å². The molecule has 0 saturated heterocycles. The van der Waals surface area contributed by atoms with E-state index < -0.39 is 8.17 Å². The van der Waals surface area contributed by atoms with Crippen LogP contribution in [0.4, 0.5) is 0 Å². The third-order valence-corrected chi connectivity index (χ3v) is 1.92. The van der Waals surface area contributed by atoms with Gasteiger partial charge in [0.25, 0.3) is 0 Å². The maximum Gasteiger partial charge on any atom is 0.196 e. The van der Waals surface area contributed by atoms with Gasteiger partial charge in [-0.15, -0.1) is 0 Å². The molecule has 0 aliphatic carbocycles. The Kier molecular flexibility index (Phi) is 9.21. The SMILES string of the molecule is COCCOCCO[PH](=N)OC. The van der Waals surface area contributed by atoms with Crippen molar-refractivity contribution >= 4 is 8.17 Å². The van der Waals surface area contributed by atoms with Crippen LogP contribution in [0.3, 0.4) is 0 Å². The largest absolute Gasteiger partial charge is 0.382 e. The summed E-state index contributed by atoms with van der Waals surface area (Å²) in [5.41, 5.74) is 0. The summed E-state index contributed by atoms with van der Waals surface area (Å²) in [5.74, 6) is 0. The zero-order valence-corrected chi connectivity index (χ0v) is 8.46. The van der Waals surface area contributed by atoms with Gasteiger partial charge >= 0.3 is 0 Å². The van der Waals surface area contributed by atoms with Crippen LogP contribution in [0.15, 0.2) is 0 Å². The molecule has 5 nitrogen and oxygen atoms in total. The number of ether oxygens (including phenoxy) is 2. The molecule has 1 N–H and O–H groups in total. The molecule has 0 aliphatic heterocycles. The maximum atomic E-state index is 7.11.